The van der Waals surface area contributed by atoms with Gasteiger partial charge >= 0.3 is 0 Å². The average molecular weight is 429 g/mol. The van der Waals surface area contributed by atoms with E-state index in [2.05, 4.69) is 18.9 Å². The molecule has 0 bridgehead atoms. The molecule has 1 aromatic carbocycles. The van der Waals surface area contributed by atoms with Crippen molar-refractivity contribution in [2.75, 3.05) is 33.3 Å². The maximum atomic E-state index is 12.9. The molecule has 2 heterocycles. The summed E-state index contributed by atoms with van der Waals surface area (Å²) in [6.45, 7) is 6.64. The van der Waals surface area contributed by atoms with Gasteiger partial charge in [-0.05, 0) is 29.7 Å². The molecule has 0 spiro atoms. The summed E-state index contributed by atoms with van der Waals surface area (Å²) in [5.74, 6) is 1.01. The van der Waals surface area contributed by atoms with Gasteiger partial charge in [-0.2, -0.15) is 5.10 Å². The minimum absolute atomic E-state index is 0.0337. The molecule has 0 radical (unpaired) electrons. The predicted octanol–water partition coefficient (Wildman–Crippen LogP) is 2.19. The van der Waals surface area contributed by atoms with Gasteiger partial charge in [0.05, 0.1) is 26.4 Å². The summed E-state index contributed by atoms with van der Waals surface area (Å²) in [7, 11) is 1.63. The number of carbonyl (C=O) groups excluding carboxylic acids is 2. The van der Waals surface area contributed by atoms with E-state index in [0.29, 0.717) is 45.1 Å². The van der Waals surface area contributed by atoms with E-state index < -0.39 is 0 Å². The van der Waals surface area contributed by atoms with Gasteiger partial charge in [0.1, 0.15) is 5.75 Å². The van der Waals surface area contributed by atoms with Crippen LogP contribution in [-0.4, -0.2) is 70.8 Å². The van der Waals surface area contributed by atoms with Crippen LogP contribution in [0.25, 0.3) is 0 Å². The molecule has 1 saturated heterocycles. The van der Waals surface area contributed by atoms with Crippen molar-refractivity contribution in [2.24, 2.45) is 5.92 Å². The van der Waals surface area contributed by atoms with Crippen LogP contribution in [0.1, 0.15) is 25.8 Å². The molecule has 2 aromatic rings. The zero-order chi connectivity index (χ0) is 22.2. The lowest BCUT2D eigenvalue weighted by Crippen LogP contribution is -2.40. The van der Waals surface area contributed by atoms with Crippen LogP contribution >= 0.6 is 0 Å². The molecular formula is C23H32N4O4. The van der Waals surface area contributed by atoms with Crippen LogP contribution < -0.4 is 4.74 Å². The third-order valence-electron chi connectivity index (χ3n) is 5.20. The van der Waals surface area contributed by atoms with Crippen LogP contribution in [0.5, 0.6) is 5.75 Å². The molecule has 1 aromatic heterocycles. The molecule has 1 unspecified atom stereocenters. The fraction of sp³-hybridized carbons (Fsp3) is 0.522. The Morgan fingerprint density at radius 1 is 1.26 bits per heavy atom. The first-order valence-corrected chi connectivity index (χ1v) is 10.7. The van der Waals surface area contributed by atoms with Crippen molar-refractivity contribution >= 4 is 11.8 Å². The highest BCUT2D eigenvalue weighted by Gasteiger charge is 2.31. The van der Waals surface area contributed by atoms with Crippen molar-refractivity contribution in [3.05, 3.63) is 48.3 Å². The van der Waals surface area contributed by atoms with Gasteiger partial charge in [-0.25, -0.2) is 0 Å². The Balaban J connectivity index is 1.67. The maximum absolute atomic E-state index is 12.9. The molecule has 3 rings (SSSR count). The summed E-state index contributed by atoms with van der Waals surface area (Å²) >= 11 is 0. The third kappa shape index (κ3) is 6.82. The lowest BCUT2D eigenvalue weighted by Gasteiger charge is -2.26. The minimum atomic E-state index is -0.259. The lowest BCUT2D eigenvalue weighted by atomic mass is 10.2. The summed E-state index contributed by atoms with van der Waals surface area (Å²) < 4.78 is 13.2. The fourth-order valence-corrected chi connectivity index (χ4v) is 3.67. The number of methoxy groups -OCH3 is 1. The molecule has 0 aliphatic carbocycles. The molecule has 1 aliphatic rings. The highest BCUT2D eigenvalue weighted by molar-refractivity contribution is 5.85. The Labute approximate surface area is 183 Å². The van der Waals surface area contributed by atoms with Crippen molar-refractivity contribution in [1.82, 2.24) is 19.6 Å². The van der Waals surface area contributed by atoms with E-state index in [9.17, 15) is 9.59 Å². The highest BCUT2D eigenvalue weighted by atomic mass is 16.5. The molecule has 0 saturated carbocycles. The molecule has 0 N–H and O–H groups in total. The monoisotopic (exact) mass is 428 g/mol. The van der Waals surface area contributed by atoms with E-state index in [1.54, 1.807) is 22.9 Å². The predicted molar refractivity (Wildman–Crippen MR) is 116 cm³/mol. The van der Waals surface area contributed by atoms with Crippen LogP contribution in [0.15, 0.2) is 42.7 Å². The van der Waals surface area contributed by atoms with Crippen LogP contribution in [-0.2, 0) is 27.5 Å². The van der Waals surface area contributed by atoms with Gasteiger partial charge < -0.3 is 19.3 Å². The van der Waals surface area contributed by atoms with E-state index in [0.717, 1.165) is 11.3 Å². The number of aromatic nitrogens is 2. The molecule has 168 valence electrons. The van der Waals surface area contributed by atoms with E-state index in [1.165, 1.54) is 0 Å². The van der Waals surface area contributed by atoms with Crippen molar-refractivity contribution in [2.45, 2.75) is 39.5 Å². The number of rotatable bonds is 9. The summed E-state index contributed by atoms with van der Waals surface area (Å²) in [4.78, 5) is 29.2. The van der Waals surface area contributed by atoms with Crippen LogP contribution in [0.2, 0.25) is 0 Å². The maximum Gasteiger partial charge on any atom is 0.242 e. The largest absolute Gasteiger partial charge is 0.497 e. The number of hydrogen-bond acceptors (Lipinski definition) is 5. The van der Waals surface area contributed by atoms with Gasteiger partial charge in [-0.15, -0.1) is 0 Å². The van der Waals surface area contributed by atoms with Crippen molar-refractivity contribution < 1.29 is 19.1 Å². The Morgan fingerprint density at radius 2 is 2.10 bits per heavy atom. The van der Waals surface area contributed by atoms with E-state index in [1.807, 2.05) is 41.4 Å². The van der Waals surface area contributed by atoms with Gasteiger partial charge in [-0.3, -0.25) is 14.3 Å². The SMILES string of the molecule is COc1cccc(COC2CN(C(=O)CCn3cccn3)CC(=O)N(CC(C)C)C2)c1. The molecule has 8 nitrogen and oxygen atoms in total. The normalized spacial score (nSPS) is 17.2. The number of benzene rings is 1. The Kier molecular flexibility index (Phi) is 8.06. The quantitative estimate of drug-likeness (QED) is 0.612. The summed E-state index contributed by atoms with van der Waals surface area (Å²) in [6, 6.07) is 9.54. The van der Waals surface area contributed by atoms with Crippen LogP contribution in [0.4, 0.5) is 0 Å². The second-order valence-electron chi connectivity index (χ2n) is 8.27. The zero-order valence-corrected chi connectivity index (χ0v) is 18.6. The van der Waals surface area contributed by atoms with Gasteiger partial charge in [0.2, 0.25) is 11.8 Å². The molecular weight excluding hydrogens is 396 g/mol. The Morgan fingerprint density at radius 3 is 2.81 bits per heavy atom. The minimum Gasteiger partial charge on any atom is -0.497 e. The number of nitrogens with zero attached hydrogens (tertiary/aromatic N) is 4. The van der Waals surface area contributed by atoms with E-state index >= 15 is 0 Å². The van der Waals surface area contributed by atoms with Gasteiger partial charge in [0.25, 0.3) is 0 Å². The van der Waals surface area contributed by atoms with Crippen molar-refractivity contribution in [1.29, 1.82) is 0 Å². The van der Waals surface area contributed by atoms with E-state index in [4.69, 9.17) is 9.47 Å². The lowest BCUT2D eigenvalue weighted by molar-refractivity contribution is -0.139. The highest BCUT2D eigenvalue weighted by Crippen LogP contribution is 2.17. The fourth-order valence-electron chi connectivity index (χ4n) is 3.67. The Bertz CT molecular complexity index is 853. The topological polar surface area (TPSA) is 76.9 Å². The second kappa shape index (κ2) is 10.9. The molecule has 1 fully saturated rings. The first kappa shape index (κ1) is 22.8. The van der Waals surface area contributed by atoms with Crippen molar-refractivity contribution in [3.8, 4) is 5.75 Å². The van der Waals surface area contributed by atoms with Crippen LogP contribution in [0.3, 0.4) is 0 Å². The third-order valence-corrected chi connectivity index (χ3v) is 5.20. The standard InChI is InChI=1S/C23H32N4O4/c1-18(2)13-25-14-21(31-17-19-6-4-7-20(12-19)30-3)15-26(16-23(25)29)22(28)8-11-27-10-5-9-24-27/h4-7,9-10,12,18,21H,8,11,13-17H2,1-3H3. The number of aryl methyl sites for hydroxylation is 1. The summed E-state index contributed by atoms with van der Waals surface area (Å²) in [5.41, 5.74) is 0.988. The molecule has 2 amide bonds. The van der Waals surface area contributed by atoms with Gasteiger partial charge in [0.15, 0.2) is 0 Å². The average Bonchev–Trinajstić information content (AvgIpc) is 3.22. The van der Waals surface area contributed by atoms with Gasteiger partial charge in [0, 0.05) is 45.0 Å². The smallest absolute Gasteiger partial charge is 0.242 e. The molecule has 1 aliphatic heterocycles. The summed E-state index contributed by atoms with van der Waals surface area (Å²) in [5, 5.41) is 4.14. The van der Waals surface area contributed by atoms with Gasteiger partial charge in [-0.1, -0.05) is 26.0 Å². The van der Waals surface area contributed by atoms with Crippen molar-refractivity contribution in [3.63, 3.8) is 0 Å². The number of amides is 2. The molecule has 31 heavy (non-hydrogen) atoms. The molecule has 1 atom stereocenters. The second-order valence-corrected chi connectivity index (χ2v) is 8.27. The Hall–Kier alpha value is -2.87. The zero-order valence-electron chi connectivity index (χ0n) is 18.6. The number of carbonyl (C=O) groups is 2. The number of ether oxygens (including phenoxy) is 2. The van der Waals surface area contributed by atoms with E-state index in [-0.39, 0.29) is 24.5 Å². The molecule has 8 heteroatoms. The van der Waals surface area contributed by atoms with Crippen LogP contribution in [0, 0.1) is 5.92 Å². The first-order chi connectivity index (χ1) is 14.9. The first-order valence-electron chi connectivity index (χ1n) is 10.7. The number of hydrogen-bond donors (Lipinski definition) is 0. The summed E-state index contributed by atoms with van der Waals surface area (Å²) in [6.07, 6.45) is 3.55.